The van der Waals surface area contributed by atoms with Gasteiger partial charge in [0.25, 0.3) is 0 Å². The fraction of sp³-hybridized carbons (Fsp3) is 0.192. The average molecular weight is 521 g/mol. The molecule has 5 rings (SSSR count). The minimum Gasteiger partial charge on any atom is -0.493 e. The minimum absolute atomic E-state index is 0.124. The lowest BCUT2D eigenvalue weighted by molar-refractivity contribution is 0.181. The van der Waals surface area contributed by atoms with Crippen molar-refractivity contribution in [3.8, 4) is 16.3 Å². The van der Waals surface area contributed by atoms with Crippen molar-refractivity contribution in [2.45, 2.75) is 24.8 Å². The van der Waals surface area contributed by atoms with E-state index < -0.39 is 10.0 Å². The van der Waals surface area contributed by atoms with E-state index in [1.807, 2.05) is 31.2 Å². The molecule has 0 amide bonds. The second-order valence-electron chi connectivity index (χ2n) is 8.37. The first-order chi connectivity index (χ1) is 17.3. The molecule has 0 aliphatic heterocycles. The Morgan fingerprint density at radius 1 is 1.03 bits per heavy atom. The smallest absolute Gasteiger partial charge is 0.238 e. The quantitative estimate of drug-likeness (QED) is 0.317. The third-order valence-corrected chi connectivity index (χ3v) is 7.71. The number of sulfonamides is 1. The molecule has 0 aliphatic carbocycles. The Hall–Kier alpha value is -3.44. The number of rotatable bonds is 8. The van der Waals surface area contributed by atoms with Crippen LogP contribution >= 0.6 is 11.3 Å². The second-order valence-corrected chi connectivity index (χ2v) is 10.9. The molecule has 0 radical (unpaired) electrons. The molecule has 0 aliphatic rings. The van der Waals surface area contributed by atoms with Gasteiger partial charge in [-0.05, 0) is 54.4 Å². The lowest BCUT2D eigenvalue weighted by atomic mass is 10.1. The highest BCUT2D eigenvalue weighted by Crippen LogP contribution is 2.35. The summed E-state index contributed by atoms with van der Waals surface area (Å²) in [6.45, 7) is 2.75. The van der Waals surface area contributed by atoms with Crippen LogP contribution < -0.4 is 9.88 Å². The summed E-state index contributed by atoms with van der Waals surface area (Å²) in [6, 6.07) is 16.5. The largest absolute Gasteiger partial charge is 0.493 e. The lowest BCUT2D eigenvalue weighted by Crippen LogP contribution is -2.15. The number of nitrogens with zero attached hydrogens (tertiary/aromatic N) is 3. The maximum absolute atomic E-state index is 11.8. The van der Waals surface area contributed by atoms with Gasteiger partial charge in [-0.25, -0.2) is 23.5 Å². The van der Waals surface area contributed by atoms with Crippen LogP contribution in [-0.2, 0) is 27.8 Å². The molecule has 2 aromatic heterocycles. The number of aromatic nitrogens is 3. The summed E-state index contributed by atoms with van der Waals surface area (Å²) >= 11 is 1.56. The molecule has 2 heterocycles. The molecule has 5 aromatic rings. The first kappa shape index (κ1) is 24.3. The summed E-state index contributed by atoms with van der Waals surface area (Å²) < 4.78 is 35.7. The molecule has 0 atom stereocenters. The van der Waals surface area contributed by atoms with Gasteiger partial charge in [0.1, 0.15) is 10.8 Å². The fourth-order valence-corrected chi connectivity index (χ4v) is 5.88. The maximum atomic E-state index is 11.8. The Morgan fingerprint density at radius 3 is 2.67 bits per heavy atom. The van der Waals surface area contributed by atoms with Crippen molar-refractivity contribution in [3.05, 3.63) is 77.6 Å². The van der Waals surface area contributed by atoms with Crippen molar-refractivity contribution in [1.29, 1.82) is 0 Å². The van der Waals surface area contributed by atoms with Gasteiger partial charge in [0.15, 0.2) is 0 Å². The van der Waals surface area contributed by atoms with Crippen molar-refractivity contribution in [1.82, 2.24) is 15.0 Å². The van der Waals surface area contributed by atoms with E-state index in [9.17, 15) is 8.42 Å². The van der Waals surface area contributed by atoms with Crippen LogP contribution in [0.5, 0.6) is 5.75 Å². The van der Waals surface area contributed by atoms with Crippen LogP contribution in [0, 0.1) is 6.92 Å². The summed E-state index contributed by atoms with van der Waals surface area (Å²) in [5, 5.41) is 6.18. The molecule has 0 fully saturated rings. The molecule has 3 aromatic carbocycles. The number of hydrogen-bond donors (Lipinski definition) is 1. The van der Waals surface area contributed by atoms with Crippen molar-refractivity contribution in [2.24, 2.45) is 5.14 Å². The molecule has 0 saturated heterocycles. The number of nitrogens with two attached hydrogens (primary N) is 1. The van der Waals surface area contributed by atoms with Gasteiger partial charge >= 0.3 is 0 Å². The molecule has 0 unspecified atom stereocenters. The number of methoxy groups -OCH3 is 1. The van der Waals surface area contributed by atoms with Crippen LogP contribution in [0.15, 0.2) is 65.7 Å². The van der Waals surface area contributed by atoms with Gasteiger partial charge in [-0.2, -0.15) is 0 Å². The Bertz CT molecular complexity index is 1680. The Balaban J connectivity index is 1.39. The zero-order chi connectivity index (χ0) is 25.3. The average Bonchev–Trinajstić information content (AvgIpc) is 3.26. The van der Waals surface area contributed by atoms with E-state index in [0.29, 0.717) is 30.9 Å². The molecule has 36 heavy (non-hydrogen) atoms. The third-order valence-electron chi connectivity index (χ3n) is 5.64. The predicted octanol–water partition coefficient (Wildman–Crippen LogP) is 4.63. The summed E-state index contributed by atoms with van der Waals surface area (Å²) in [4.78, 5) is 14.3. The van der Waals surface area contributed by atoms with Crippen LogP contribution in [0.4, 0.5) is 0 Å². The highest BCUT2D eigenvalue weighted by atomic mass is 32.2. The number of benzene rings is 3. The van der Waals surface area contributed by atoms with Gasteiger partial charge in [-0.3, -0.25) is 4.98 Å². The fourth-order valence-electron chi connectivity index (χ4n) is 4.06. The molecular formula is C26H24N4O4S2. The zero-order valence-electron chi connectivity index (χ0n) is 19.8. The minimum atomic E-state index is -3.78. The lowest BCUT2D eigenvalue weighted by Gasteiger charge is -2.09. The Kier molecular flexibility index (Phi) is 6.67. The summed E-state index contributed by atoms with van der Waals surface area (Å²) in [5.41, 5.74) is 5.88. The predicted molar refractivity (Wildman–Crippen MR) is 141 cm³/mol. The van der Waals surface area contributed by atoms with E-state index in [-0.39, 0.29) is 4.90 Å². The second kappa shape index (κ2) is 9.90. The molecule has 8 nitrogen and oxygen atoms in total. The van der Waals surface area contributed by atoms with Gasteiger partial charge in [-0.15, -0.1) is 11.3 Å². The van der Waals surface area contributed by atoms with E-state index in [0.717, 1.165) is 43.1 Å². The van der Waals surface area contributed by atoms with E-state index in [2.05, 4.69) is 16.0 Å². The monoisotopic (exact) mass is 520 g/mol. The van der Waals surface area contributed by atoms with Crippen LogP contribution in [0.2, 0.25) is 0 Å². The maximum Gasteiger partial charge on any atom is 0.238 e. The number of aryl methyl sites for hydroxylation is 1. The molecule has 0 spiro atoms. The third kappa shape index (κ3) is 5.07. The van der Waals surface area contributed by atoms with Gasteiger partial charge in [0.05, 0.1) is 51.3 Å². The Labute approximate surface area is 212 Å². The number of primary sulfonamides is 1. The SMILES string of the molecule is COCc1cnc2c(-c3nc4ccc(OCCc5ccccc5S(N)(=O)=O)cc4s3)cc(C)cc2n1. The summed E-state index contributed by atoms with van der Waals surface area (Å²) in [7, 11) is -2.15. The topological polar surface area (TPSA) is 117 Å². The van der Waals surface area contributed by atoms with Crippen molar-refractivity contribution >= 4 is 42.6 Å². The highest BCUT2D eigenvalue weighted by Gasteiger charge is 2.15. The van der Waals surface area contributed by atoms with Gasteiger partial charge in [0, 0.05) is 19.1 Å². The number of hydrogen-bond acceptors (Lipinski definition) is 8. The Morgan fingerprint density at radius 2 is 1.86 bits per heavy atom. The normalized spacial score (nSPS) is 11.9. The number of fused-ring (bicyclic) bond motifs is 2. The van der Waals surface area contributed by atoms with E-state index in [4.69, 9.17) is 19.6 Å². The zero-order valence-corrected chi connectivity index (χ0v) is 21.4. The highest BCUT2D eigenvalue weighted by molar-refractivity contribution is 7.89. The summed E-state index contributed by atoms with van der Waals surface area (Å²) in [5.74, 6) is 0.684. The molecule has 0 bridgehead atoms. The summed E-state index contributed by atoms with van der Waals surface area (Å²) in [6.07, 6.45) is 2.15. The van der Waals surface area contributed by atoms with E-state index in [1.165, 1.54) is 6.07 Å². The first-order valence-electron chi connectivity index (χ1n) is 11.2. The molecule has 10 heteroatoms. The number of ether oxygens (including phenoxy) is 2. The number of thiazole rings is 1. The molecule has 2 N–H and O–H groups in total. The first-order valence-corrected chi connectivity index (χ1v) is 13.6. The molecule has 0 saturated carbocycles. The van der Waals surface area contributed by atoms with Crippen LogP contribution in [-0.4, -0.2) is 37.1 Å². The molecular weight excluding hydrogens is 496 g/mol. The van der Waals surface area contributed by atoms with Crippen LogP contribution in [0.25, 0.3) is 31.8 Å². The van der Waals surface area contributed by atoms with Crippen molar-refractivity contribution in [2.75, 3.05) is 13.7 Å². The van der Waals surface area contributed by atoms with Gasteiger partial charge in [-0.1, -0.05) is 18.2 Å². The van der Waals surface area contributed by atoms with Gasteiger partial charge in [0.2, 0.25) is 10.0 Å². The van der Waals surface area contributed by atoms with E-state index >= 15 is 0 Å². The van der Waals surface area contributed by atoms with Crippen LogP contribution in [0.1, 0.15) is 16.8 Å². The standard InChI is InChI=1S/C26H24N4O4S2/c1-16-11-20(25-22(12-16)29-18(14-28-25)15-33-2)26-30-21-8-7-19(13-23(21)35-26)34-10-9-17-5-3-4-6-24(17)36(27,31)32/h3-8,11-14H,9-10,15H2,1-2H3,(H2,27,31,32). The molecule has 184 valence electrons. The van der Waals surface area contributed by atoms with E-state index in [1.54, 1.807) is 42.8 Å². The van der Waals surface area contributed by atoms with Crippen molar-refractivity contribution in [3.63, 3.8) is 0 Å². The van der Waals surface area contributed by atoms with Crippen LogP contribution in [0.3, 0.4) is 0 Å². The van der Waals surface area contributed by atoms with Gasteiger partial charge < -0.3 is 9.47 Å². The van der Waals surface area contributed by atoms with Crippen molar-refractivity contribution < 1.29 is 17.9 Å².